The molecule has 22 heavy (non-hydrogen) atoms. The lowest BCUT2D eigenvalue weighted by Crippen LogP contribution is -2.50. The third-order valence-corrected chi connectivity index (χ3v) is 5.21. The first-order valence-corrected chi connectivity index (χ1v) is 7.72. The van der Waals surface area contributed by atoms with Crippen LogP contribution in [0.4, 0.5) is 4.39 Å². The molecule has 1 saturated carbocycles. The van der Waals surface area contributed by atoms with Crippen LogP contribution in [0.3, 0.4) is 0 Å². The summed E-state index contributed by atoms with van der Waals surface area (Å²) in [6.07, 6.45) is 2.35. The molecule has 0 unspecified atom stereocenters. The lowest BCUT2D eigenvalue weighted by molar-refractivity contribution is -0.143. The first kappa shape index (κ1) is 15.0. The van der Waals surface area contributed by atoms with E-state index in [1.54, 1.807) is 17.0 Å². The molecular weight excluding hydrogens is 285 g/mol. The Morgan fingerprint density at radius 2 is 2.05 bits per heavy atom. The number of benzene rings is 1. The van der Waals surface area contributed by atoms with Crippen molar-refractivity contribution >= 4 is 11.9 Å². The van der Waals surface area contributed by atoms with Crippen LogP contribution in [0.15, 0.2) is 24.3 Å². The highest BCUT2D eigenvalue weighted by atomic mass is 19.1. The van der Waals surface area contributed by atoms with Crippen molar-refractivity contribution in [3.05, 3.63) is 35.6 Å². The van der Waals surface area contributed by atoms with Crippen LogP contribution in [0.2, 0.25) is 0 Å². The summed E-state index contributed by atoms with van der Waals surface area (Å²) in [5.74, 6) is -1.79. The predicted molar refractivity (Wildman–Crippen MR) is 78.8 cm³/mol. The highest BCUT2D eigenvalue weighted by Gasteiger charge is 2.50. The van der Waals surface area contributed by atoms with Crippen molar-refractivity contribution in [3.63, 3.8) is 0 Å². The summed E-state index contributed by atoms with van der Waals surface area (Å²) >= 11 is 0. The summed E-state index contributed by atoms with van der Waals surface area (Å²) < 4.78 is 13.5. The third kappa shape index (κ3) is 2.28. The Morgan fingerprint density at radius 1 is 1.32 bits per heavy atom. The summed E-state index contributed by atoms with van der Waals surface area (Å²) in [7, 11) is 0. The molecule has 1 amide bonds. The van der Waals surface area contributed by atoms with Gasteiger partial charge in [0.25, 0.3) is 0 Å². The average Bonchev–Trinajstić information content (AvgIpc) is 2.80. The molecule has 1 aromatic carbocycles. The third-order valence-electron chi connectivity index (χ3n) is 5.21. The maximum absolute atomic E-state index is 13.5. The van der Waals surface area contributed by atoms with Crippen molar-refractivity contribution in [1.82, 2.24) is 4.90 Å². The number of carbonyl (C=O) groups excluding carboxylic acids is 1. The van der Waals surface area contributed by atoms with Crippen LogP contribution in [0.25, 0.3) is 0 Å². The number of amides is 1. The number of nitrogens with zero attached hydrogens (tertiary/aromatic N) is 1. The highest BCUT2D eigenvalue weighted by Crippen LogP contribution is 2.46. The molecule has 0 aromatic heterocycles. The van der Waals surface area contributed by atoms with E-state index < -0.39 is 17.3 Å². The molecule has 0 bridgehead atoms. The number of likely N-dealkylation sites (tertiary alicyclic amines) is 1. The van der Waals surface area contributed by atoms with E-state index in [9.17, 15) is 19.1 Å². The molecule has 2 aliphatic rings. The Balaban J connectivity index is 1.86. The molecule has 2 atom stereocenters. The lowest BCUT2D eigenvalue weighted by atomic mass is 9.63. The van der Waals surface area contributed by atoms with E-state index in [1.807, 2.05) is 6.92 Å². The number of halogens is 1. The fourth-order valence-corrected chi connectivity index (χ4v) is 3.70. The molecule has 1 N–H and O–H groups in total. The van der Waals surface area contributed by atoms with Crippen molar-refractivity contribution in [2.75, 3.05) is 13.1 Å². The van der Waals surface area contributed by atoms with Crippen LogP contribution < -0.4 is 0 Å². The minimum atomic E-state index is -0.851. The number of hydrogen-bond acceptors (Lipinski definition) is 2. The largest absolute Gasteiger partial charge is 0.481 e. The smallest absolute Gasteiger partial charge is 0.308 e. The molecule has 1 aliphatic carbocycles. The maximum Gasteiger partial charge on any atom is 0.308 e. The van der Waals surface area contributed by atoms with Gasteiger partial charge in [0.1, 0.15) is 5.82 Å². The summed E-state index contributed by atoms with van der Waals surface area (Å²) in [6, 6.07) is 6.24. The zero-order chi connectivity index (χ0) is 15.9. The van der Waals surface area contributed by atoms with E-state index in [2.05, 4.69) is 0 Å². The fourth-order valence-electron chi connectivity index (χ4n) is 3.70. The average molecular weight is 305 g/mol. The molecular formula is C17H20FNO3. The van der Waals surface area contributed by atoms with Gasteiger partial charge in [0, 0.05) is 13.1 Å². The van der Waals surface area contributed by atoms with Crippen LogP contribution in [0.5, 0.6) is 0 Å². The zero-order valence-electron chi connectivity index (χ0n) is 12.6. The van der Waals surface area contributed by atoms with Crippen molar-refractivity contribution in [3.8, 4) is 0 Å². The first-order chi connectivity index (χ1) is 10.4. The minimum absolute atomic E-state index is 0.0417. The van der Waals surface area contributed by atoms with Gasteiger partial charge in [-0.15, -0.1) is 0 Å². The molecule has 4 nitrogen and oxygen atoms in total. The van der Waals surface area contributed by atoms with E-state index in [0.29, 0.717) is 19.4 Å². The Bertz CT molecular complexity index is 612. The van der Waals surface area contributed by atoms with Crippen LogP contribution in [-0.4, -0.2) is 35.0 Å². The Kier molecular flexibility index (Phi) is 3.67. The van der Waals surface area contributed by atoms with Crippen LogP contribution in [-0.2, 0) is 15.0 Å². The van der Waals surface area contributed by atoms with E-state index >= 15 is 0 Å². The first-order valence-electron chi connectivity index (χ1n) is 7.72. The second kappa shape index (κ2) is 5.38. The Labute approximate surface area is 128 Å². The quantitative estimate of drug-likeness (QED) is 0.933. The number of carboxylic acids is 1. The standard InChI is InChI=1S/C17H20FNO3/c1-11-9-19(10-14(11)15(20)21)16(22)17(6-3-7-17)12-4-2-5-13(18)8-12/h2,4-5,8,11,14H,3,6-7,9-10H2,1H3,(H,20,21)/t11-,14-/m1/s1. The van der Waals surface area contributed by atoms with Crippen molar-refractivity contribution in [2.45, 2.75) is 31.6 Å². The van der Waals surface area contributed by atoms with Gasteiger partial charge in [-0.3, -0.25) is 9.59 Å². The van der Waals surface area contributed by atoms with E-state index in [-0.39, 0.29) is 24.2 Å². The molecule has 1 saturated heterocycles. The van der Waals surface area contributed by atoms with Gasteiger partial charge in [-0.2, -0.15) is 0 Å². The maximum atomic E-state index is 13.5. The number of hydrogen-bond donors (Lipinski definition) is 1. The van der Waals surface area contributed by atoms with Gasteiger partial charge in [-0.1, -0.05) is 25.5 Å². The SMILES string of the molecule is C[C@@H]1CN(C(=O)C2(c3cccc(F)c3)CCC2)C[C@H]1C(=O)O. The predicted octanol–water partition coefficient (Wildman–Crippen LogP) is 2.43. The van der Waals surface area contributed by atoms with Crippen molar-refractivity contribution < 1.29 is 19.1 Å². The molecule has 0 radical (unpaired) electrons. The molecule has 118 valence electrons. The second-order valence-electron chi connectivity index (χ2n) is 6.58. The number of rotatable bonds is 3. The van der Waals surface area contributed by atoms with Crippen molar-refractivity contribution in [1.29, 1.82) is 0 Å². The number of aliphatic carboxylic acids is 1. The summed E-state index contributed by atoms with van der Waals surface area (Å²) in [6.45, 7) is 2.58. The van der Waals surface area contributed by atoms with E-state index in [0.717, 1.165) is 12.0 Å². The van der Waals surface area contributed by atoms with Gasteiger partial charge in [-0.05, 0) is 36.5 Å². The molecule has 5 heteroatoms. The second-order valence-corrected chi connectivity index (χ2v) is 6.58. The number of carboxylic acid groups (broad SMARTS) is 1. The lowest BCUT2D eigenvalue weighted by Gasteiger charge is -2.43. The van der Waals surface area contributed by atoms with Crippen LogP contribution in [0, 0.1) is 17.7 Å². The zero-order valence-corrected chi connectivity index (χ0v) is 12.6. The molecule has 0 spiro atoms. The Hall–Kier alpha value is -1.91. The van der Waals surface area contributed by atoms with Gasteiger partial charge < -0.3 is 10.0 Å². The van der Waals surface area contributed by atoms with E-state index in [1.165, 1.54) is 12.1 Å². The van der Waals surface area contributed by atoms with Crippen molar-refractivity contribution in [2.24, 2.45) is 11.8 Å². The number of carbonyl (C=O) groups is 2. The Morgan fingerprint density at radius 3 is 2.55 bits per heavy atom. The monoisotopic (exact) mass is 305 g/mol. The van der Waals surface area contributed by atoms with Gasteiger partial charge >= 0.3 is 5.97 Å². The molecule has 3 rings (SSSR count). The van der Waals surface area contributed by atoms with Gasteiger partial charge in [0.2, 0.25) is 5.91 Å². The van der Waals surface area contributed by atoms with Crippen LogP contribution in [0.1, 0.15) is 31.7 Å². The molecule has 1 aromatic rings. The summed E-state index contributed by atoms with van der Waals surface area (Å²) in [5.41, 5.74) is 0.0602. The van der Waals surface area contributed by atoms with Gasteiger partial charge in [0.05, 0.1) is 11.3 Å². The normalized spacial score (nSPS) is 26.5. The van der Waals surface area contributed by atoms with Gasteiger partial charge in [-0.25, -0.2) is 4.39 Å². The van der Waals surface area contributed by atoms with Crippen LogP contribution >= 0.6 is 0 Å². The fraction of sp³-hybridized carbons (Fsp3) is 0.529. The van der Waals surface area contributed by atoms with Gasteiger partial charge in [0.15, 0.2) is 0 Å². The summed E-state index contributed by atoms with van der Waals surface area (Å²) in [5, 5.41) is 9.22. The van der Waals surface area contributed by atoms with E-state index in [4.69, 9.17) is 0 Å². The minimum Gasteiger partial charge on any atom is -0.481 e. The highest BCUT2D eigenvalue weighted by molar-refractivity contribution is 5.90. The topological polar surface area (TPSA) is 57.6 Å². The summed E-state index contributed by atoms with van der Waals surface area (Å²) in [4.78, 5) is 25.9. The molecule has 2 fully saturated rings. The molecule has 1 aliphatic heterocycles. The molecule has 1 heterocycles.